The minimum absolute atomic E-state index is 0.655. The van der Waals surface area contributed by atoms with E-state index in [2.05, 4.69) is 47.7 Å². The zero-order valence-electron chi connectivity index (χ0n) is 10.5. The molecule has 0 spiro atoms. The Balaban J connectivity index is 1.86. The van der Waals surface area contributed by atoms with Crippen LogP contribution in [0.25, 0.3) is 0 Å². The highest BCUT2D eigenvalue weighted by molar-refractivity contribution is 5.65. The summed E-state index contributed by atoms with van der Waals surface area (Å²) in [6.45, 7) is 6.67. The Kier molecular flexibility index (Phi) is 2.67. The monoisotopic (exact) mass is 228 g/mol. The van der Waals surface area contributed by atoms with E-state index >= 15 is 0 Å². The molecule has 0 aliphatic carbocycles. The summed E-state index contributed by atoms with van der Waals surface area (Å²) in [6.07, 6.45) is 3.54. The molecule has 1 fully saturated rings. The number of likely N-dealkylation sites (tertiary alicyclic amines) is 1. The van der Waals surface area contributed by atoms with Crippen LogP contribution in [0.3, 0.4) is 0 Å². The summed E-state index contributed by atoms with van der Waals surface area (Å²) in [5.74, 6) is 0. The third kappa shape index (κ3) is 1.87. The van der Waals surface area contributed by atoms with Crippen molar-refractivity contribution < 1.29 is 0 Å². The number of rotatable bonds is 1. The minimum Gasteiger partial charge on any atom is -0.342 e. The molecule has 2 heteroatoms. The van der Waals surface area contributed by atoms with Crippen LogP contribution in [0, 0.1) is 0 Å². The van der Waals surface area contributed by atoms with Gasteiger partial charge in [0.1, 0.15) is 0 Å². The van der Waals surface area contributed by atoms with Crippen molar-refractivity contribution in [3.63, 3.8) is 0 Å². The van der Waals surface area contributed by atoms with Gasteiger partial charge in [-0.25, -0.2) is 0 Å². The molecule has 0 atom stereocenters. The van der Waals surface area contributed by atoms with Gasteiger partial charge in [0.05, 0.1) is 0 Å². The van der Waals surface area contributed by atoms with E-state index in [4.69, 9.17) is 0 Å². The molecule has 2 heterocycles. The molecular weight excluding hydrogens is 208 g/mol. The van der Waals surface area contributed by atoms with E-state index in [1.807, 2.05) is 0 Å². The molecule has 3 rings (SSSR count). The van der Waals surface area contributed by atoms with Gasteiger partial charge in [0.15, 0.2) is 0 Å². The van der Waals surface area contributed by atoms with Crippen LogP contribution in [0.1, 0.15) is 18.4 Å². The number of piperidine rings is 1. The van der Waals surface area contributed by atoms with E-state index in [0.717, 1.165) is 6.42 Å². The van der Waals surface area contributed by atoms with Gasteiger partial charge in [-0.3, -0.25) is 0 Å². The second-order valence-electron chi connectivity index (χ2n) is 5.28. The number of benzene rings is 1. The maximum absolute atomic E-state index is 4.26. The zero-order chi connectivity index (χ0) is 11.8. The van der Waals surface area contributed by atoms with E-state index in [1.54, 1.807) is 0 Å². The topological polar surface area (TPSA) is 6.48 Å². The third-order valence-corrected chi connectivity index (χ3v) is 4.04. The van der Waals surface area contributed by atoms with Crippen LogP contribution in [0.15, 0.2) is 36.5 Å². The molecule has 1 saturated heterocycles. The van der Waals surface area contributed by atoms with Crippen molar-refractivity contribution in [3.8, 4) is 0 Å². The average molecular weight is 228 g/mol. The Morgan fingerprint density at radius 3 is 2.65 bits per heavy atom. The van der Waals surface area contributed by atoms with Crippen molar-refractivity contribution >= 4 is 5.69 Å². The lowest BCUT2D eigenvalue weighted by Gasteiger charge is -2.37. The molecule has 0 unspecified atom stereocenters. The number of para-hydroxylation sites is 1. The van der Waals surface area contributed by atoms with Gasteiger partial charge in [0, 0.05) is 23.8 Å². The molecule has 2 nitrogen and oxygen atoms in total. The fraction of sp³-hybridized carbons (Fsp3) is 0.467. The molecule has 0 aromatic heterocycles. The smallest absolute Gasteiger partial charge is 0.0447 e. The van der Waals surface area contributed by atoms with Crippen LogP contribution in [0.2, 0.25) is 0 Å². The fourth-order valence-corrected chi connectivity index (χ4v) is 3.08. The van der Waals surface area contributed by atoms with Gasteiger partial charge in [0.25, 0.3) is 0 Å². The Bertz CT molecular complexity index is 430. The summed E-state index contributed by atoms with van der Waals surface area (Å²) in [4.78, 5) is 4.91. The predicted molar refractivity (Wildman–Crippen MR) is 72.3 cm³/mol. The average Bonchev–Trinajstić information content (AvgIpc) is 2.66. The Morgan fingerprint density at radius 1 is 1.18 bits per heavy atom. The van der Waals surface area contributed by atoms with Gasteiger partial charge in [-0.1, -0.05) is 24.8 Å². The summed E-state index contributed by atoms with van der Waals surface area (Å²) in [5, 5.41) is 0. The Labute approximate surface area is 104 Å². The molecule has 2 aliphatic heterocycles. The van der Waals surface area contributed by atoms with Gasteiger partial charge in [-0.2, -0.15) is 0 Å². The standard InChI is InChI=1S/C15H20N2/c1-12-11-13-5-3-4-6-15(13)17(12)14-7-9-16(2)10-8-14/h3-6,14H,1,7-11H2,2H3. The summed E-state index contributed by atoms with van der Waals surface area (Å²) in [6, 6.07) is 9.40. The number of fused-ring (bicyclic) bond motifs is 1. The van der Waals surface area contributed by atoms with Crippen LogP contribution in [-0.4, -0.2) is 31.1 Å². The zero-order valence-corrected chi connectivity index (χ0v) is 10.5. The van der Waals surface area contributed by atoms with Gasteiger partial charge in [-0.15, -0.1) is 0 Å². The number of nitrogens with zero attached hydrogens (tertiary/aromatic N) is 2. The van der Waals surface area contributed by atoms with Gasteiger partial charge in [0.2, 0.25) is 0 Å². The van der Waals surface area contributed by atoms with Crippen LogP contribution >= 0.6 is 0 Å². The molecule has 1 aromatic rings. The Hall–Kier alpha value is -1.28. The van der Waals surface area contributed by atoms with Crippen molar-refractivity contribution in [2.24, 2.45) is 0 Å². The molecule has 17 heavy (non-hydrogen) atoms. The van der Waals surface area contributed by atoms with Gasteiger partial charge in [-0.05, 0) is 44.6 Å². The van der Waals surface area contributed by atoms with E-state index in [0.29, 0.717) is 6.04 Å². The minimum atomic E-state index is 0.655. The van der Waals surface area contributed by atoms with Crippen molar-refractivity contribution in [1.82, 2.24) is 4.90 Å². The summed E-state index contributed by atoms with van der Waals surface area (Å²) in [7, 11) is 2.21. The van der Waals surface area contributed by atoms with E-state index in [1.165, 1.54) is 42.9 Å². The lowest BCUT2D eigenvalue weighted by molar-refractivity contribution is 0.254. The lowest BCUT2D eigenvalue weighted by atomic mass is 10.0. The van der Waals surface area contributed by atoms with E-state index < -0.39 is 0 Å². The largest absolute Gasteiger partial charge is 0.342 e. The molecule has 0 N–H and O–H groups in total. The molecule has 90 valence electrons. The first-order valence-electron chi connectivity index (χ1n) is 6.49. The Morgan fingerprint density at radius 2 is 1.88 bits per heavy atom. The molecule has 0 bridgehead atoms. The van der Waals surface area contributed by atoms with Crippen LogP contribution in [0.5, 0.6) is 0 Å². The number of hydrogen-bond donors (Lipinski definition) is 0. The summed E-state index contributed by atoms with van der Waals surface area (Å²) >= 11 is 0. The van der Waals surface area contributed by atoms with Crippen molar-refractivity contribution in [2.75, 3.05) is 25.0 Å². The van der Waals surface area contributed by atoms with Crippen LogP contribution < -0.4 is 4.90 Å². The lowest BCUT2D eigenvalue weighted by Crippen LogP contribution is -2.42. The van der Waals surface area contributed by atoms with Crippen LogP contribution in [0.4, 0.5) is 5.69 Å². The first kappa shape index (κ1) is 10.8. The second-order valence-corrected chi connectivity index (χ2v) is 5.28. The van der Waals surface area contributed by atoms with E-state index in [9.17, 15) is 0 Å². The first-order chi connectivity index (χ1) is 8.25. The second kappa shape index (κ2) is 4.19. The van der Waals surface area contributed by atoms with Crippen LogP contribution in [-0.2, 0) is 6.42 Å². The fourth-order valence-electron chi connectivity index (χ4n) is 3.08. The predicted octanol–water partition coefficient (Wildman–Crippen LogP) is 2.66. The van der Waals surface area contributed by atoms with Crippen molar-refractivity contribution in [3.05, 3.63) is 42.1 Å². The first-order valence-corrected chi connectivity index (χ1v) is 6.49. The quantitative estimate of drug-likeness (QED) is 0.729. The molecule has 2 aliphatic rings. The maximum Gasteiger partial charge on any atom is 0.0447 e. The van der Waals surface area contributed by atoms with Crippen molar-refractivity contribution in [2.45, 2.75) is 25.3 Å². The molecule has 0 amide bonds. The SMILES string of the molecule is C=C1Cc2ccccc2N1C1CCN(C)CC1. The van der Waals surface area contributed by atoms with Gasteiger partial charge >= 0.3 is 0 Å². The highest BCUT2D eigenvalue weighted by Gasteiger charge is 2.30. The summed E-state index contributed by atoms with van der Waals surface area (Å²) < 4.78 is 0. The highest BCUT2D eigenvalue weighted by atomic mass is 15.2. The summed E-state index contributed by atoms with van der Waals surface area (Å²) in [5.41, 5.74) is 4.12. The number of anilines is 1. The molecule has 0 saturated carbocycles. The number of hydrogen-bond acceptors (Lipinski definition) is 2. The highest BCUT2D eigenvalue weighted by Crippen LogP contribution is 2.37. The maximum atomic E-state index is 4.26. The third-order valence-electron chi connectivity index (χ3n) is 4.04. The molecule has 1 aromatic carbocycles. The number of allylic oxidation sites excluding steroid dienone is 1. The van der Waals surface area contributed by atoms with Gasteiger partial charge < -0.3 is 9.80 Å². The molecular formula is C15H20N2. The normalized spacial score (nSPS) is 21.9. The molecule has 0 radical (unpaired) electrons. The van der Waals surface area contributed by atoms with Crippen molar-refractivity contribution in [1.29, 1.82) is 0 Å². The van der Waals surface area contributed by atoms with E-state index in [-0.39, 0.29) is 0 Å².